The quantitative estimate of drug-likeness (QED) is 0.610. The van der Waals surface area contributed by atoms with Gasteiger partial charge in [-0.2, -0.15) is 0 Å². The van der Waals surface area contributed by atoms with Gasteiger partial charge in [0.25, 0.3) is 0 Å². The Morgan fingerprint density at radius 3 is 2.70 bits per heavy atom. The van der Waals surface area contributed by atoms with Gasteiger partial charge in [-0.25, -0.2) is 0 Å². The van der Waals surface area contributed by atoms with Crippen LogP contribution in [0, 0.1) is 12.8 Å². The summed E-state index contributed by atoms with van der Waals surface area (Å²) in [6, 6.07) is 2.81. The van der Waals surface area contributed by atoms with Crippen molar-refractivity contribution in [1.29, 1.82) is 0 Å². The summed E-state index contributed by atoms with van der Waals surface area (Å²) >= 11 is 5.70. The SMILES string of the molecule is CCCNC(CCC1CCCCC1)c1sc(C)cc1Br. The molecule has 2 rings (SSSR count). The van der Waals surface area contributed by atoms with Crippen molar-refractivity contribution in [1.82, 2.24) is 5.32 Å². The van der Waals surface area contributed by atoms with Crippen LogP contribution in [-0.4, -0.2) is 6.54 Å². The molecule has 0 saturated heterocycles. The summed E-state index contributed by atoms with van der Waals surface area (Å²) in [6.45, 7) is 5.58. The van der Waals surface area contributed by atoms with Crippen molar-refractivity contribution < 1.29 is 0 Å². The van der Waals surface area contributed by atoms with Crippen molar-refractivity contribution in [2.45, 2.75) is 71.3 Å². The Kier molecular flexibility index (Phi) is 7.06. The number of hydrogen-bond donors (Lipinski definition) is 1. The molecule has 1 aromatic rings. The van der Waals surface area contributed by atoms with Gasteiger partial charge in [0.05, 0.1) is 0 Å². The highest BCUT2D eigenvalue weighted by molar-refractivity contribution is 9.10. The molecule has 0 aromatic carbocycles. The van der Waals surface area contributed by atoms with Gasteiger partial charge in [0.15, 0.2) is 0 Å². The number of nitrogens with one attached hydrogen (secondary N) is 1. The van der Waals surface area contributed by atoms with E-state index in [1.165, 1.54) is 65.6 Å². The summed E-state index contributed by atoms with van der Waals surface area (Å²) in [5.74, 6) is 0.981. The largest absolute Gasteiger partial charge is 0.309 e. The maximum Gasteiger partial charge on any atom is 0.0426 e. The molecule has 0 radical (unpaired) electrons. The van der Waals surface area contributed by atoms with Gasteiger partial charge >= 0.3 is 0 Å². The third-order valence-electron chi connectivity index (χ3n) is 4.38. The van der Waals surface area contributed by atoms with Gasteiger partial charge in [-0.05, 0) is 60.6 Å². The molecule has 1 aliphatic carbocycles. The van der Waals surface area contributed by atoms with Crippen molar-refractivity contribution in [3.63, 3.8) is 0 Å². The number of rotatable bonds is 7. The van der Waals surface area contributed by atoms with E-state index in [-0.39, 0.29) is 0 Å². The molecule has 0 aliphatic heterocycles. The first-order chi connectivity index (χ1) is 9.70. The van der Waals surface area contributed by atoms with E-state index in [0.29, 0.717) is 6.04 Å². The van der Waals surface area contributed by atoms with E-state index in [1.807, 2.05) is 11.3 Å². The molecule has 0 bridgehead atoms. The van der Waals surface area contributed by atoms with Gasteiger partial charge in [-0.1, -0.05) is 39.0 Å². The zero-order valence-electron chi connectivity index (χ0n) is 12.9. The first-order valence-corrected chi connectivity index (χ1v) is 9.81. The van der Waals surface area contributed by atoms with E-state index in [4.69, 9.17) is 0 Å². The normalized spacial score (nSPS) is 18.4. The van der Waals surface area contributed by atoms with Gasteiger partial charge in [0.1, 0.15) is 0 Å². The van der Waals surface area contributed by atoms with Crippen LogP contribution in [0.1, 0.15) is 74.1 Å². The van der Waals surface area contributed by atoms with Crippen molar-refractivity contribution in [3.8, 4) is 0 Å². The average Bonchev–Trinajstić information content (AvgIpc) is 2.79. The van der Waals surface area contributed by atoms with Crippen LogP contribution in [0.15, 0.2) is 10.5 Å². The molecule has 1 aromatic heterocycles. The number of aryl methyl sites for hydroxylation is 1. The van der Waals surface area contributed by atoms with Gasteiger partial charge in [-0.15, -0.1) is 11.3 Å². The minimum atomic E-state index is 0.546. The summed E-state index contributed by atoms with van der Waals surface area (Å²) in [7, 11) is 0. The zero-order valence-corrected chi connectivity index (χ0v) is 15.3. The molecule has 1 heterocycles. The predicted molar refractivity (Wildman–Crippen MR) is 93.6 cm³/mol. The molecular formula is C17H28BrNS. The van der Waals surface area contributed by atoms with Gasteiger partial charge in [0, 0.05) is 20.3 Å². The summed E-state index contributed by atoms with van der Waals surface area (Å²) in [6.07, 6.45) is 11.2. The third kappa shape index (κ3) is 4.85. The highest BCUT2D eigenvalue weighted by Crippen LogP contribution is 2.36. The smallest absolute Gasteiger partial charge is 0.0426 e. The average molecular weight is 358 g/mol. The fourth-order valence-corrected chi connectivity index (χ4v) is 5.30. The van der Waals surface area contributed by atoms with E-state index in [0.717, 1.165) is 12.5 Å². The Hall–Kier alpha value is 0.140. The minimum Gasteiger partial charge on any atom is -0.309 e. The number of halogens is 1. The summed E-state index contributed by atoms with van der Waals surface area (Å²) in [5, 5.41) is 3.76. The van der Waals surface area contributed by atoms with Crippen LogP contribution in [0.2, 0.25) is 0 Å². The molecule has 3 heteroatoms. The molecule has 1 unspecified atom stereocenters. The Labute approximate surface area is 136 Å². The lowest BCUT2D eigenvalue weighted by Crippen LogP contribution is -2.22. The molecule has 0 amide bonds. The molecule has 1 nitrogen and oxygen atoms in total. The van der Waals surface area contributed by atoms with Crippen LogP contribution in [-0.2, 0) is 0 Å². The number of hydrogen-bond acceptors (Lipinski definition) is 2. The lowest BCUT2D eigenvalue weighted by atomic mass is 9.85. The number of thiophene rings is 1. The molecule has 20 heavy (non-hydrogen) atoms. The second-order valence-corrected chi connectivity index (χ2v) is 8.30. The highest BCUT2D eigenvalue weighted by Gasteiger charge is 2.20. The summed E-state index contributed by atoms with van der Waals surface area (Å²) in [4.78, 5) is 2.92. The van der Waals surface area contributed by atoms with Crippen molar-refractivity contribution >= 4 is 27.3 Å². The maximum absolute atomic E-state index is 3.76. The molecule has 114 valence electrons. The standard InChI is InChI=1S/C17H28BrNS/c1-3-11-19-16(17-15(18)12-13(2)20-17)10-9-14-7-5-4-6-8-14/h12,14,16,19H,3-11H2,1-2H3. The van der Waals surface area contributed by atoms with Crippen LogP contribution in [0.3, 0.4) is 0 Å². The Bertz CT molecular complexity index is 396. The van der Waals surface area contributed by atoms with Crippen LogP contribution in [0.5, 0.6) is 0 Å². The maximum atomic E-state index is 3.76. The van der Waals surface area contributed by atoms with Gasteiger partial charge < -0.3 is 5.32 Å². The first-order valence-electron chi connectivity index (χ1n) is 8.20. The van der Waals surface area contributed by atoms with Crippen molar-refractivity contribution in [2.24, 2.45) is 5.92 Å². The molecule has 1 aliphatic rings. The molecular weight excluding hydrogens is 330 g/mol. The summed E-state index contributed by atoms with van der Waals surface area (Å²) in [5.41, 5.74) is 0. The van der Waals surface area contributed by atoms with Crippen LogP contribution < -0.4 is 5.32 Å². The van der Waals surface area contributed by atoms with E-state index < -0.39 is 0 Å². The van der Waals surface area contributed by atoms with Crippen LogP contribution in [0.4, 0.5) is 0 Å². The second kappa shape index (κ2) is 8.55. The molecule has 1 atom stereocenters. The summed E-state index contributed by atoms with van der Waals surface area (Å²) < 4.78 is 1.30. The van der Waals surface area contributed by atoms with E-state index >= 15 is 0 Å². The van der Waals surface area contributed by atoms with Crippen molar-refractivity contribution in [2.75, 3.05) is 6.54 Å². The Balaban J connectivity index is 1.94. The highest BCUT2D eigenvalue weighted by atomic mass is 79.9. The molecule has 0 spiro atoms. The monoisotopic (exact) mass is 357 g/mol. The van der Waals surface area contributed by atoms with Gasteiger partial charge in [0.2, 0.25) is 0 Å². The van der Waals surface area contributed by atoms with Crippen LogP contribution >= 0.6 is 27.3 Å². The topological polar surface area (TPSA) is 12.0 Å². The van der Waals surface area contributed by atoms with E-state index in [9.17, 15) is 0 Å². The van der Waals surface area contributed by atoms with E-state index in [2.05, 4.69) is 41.2 Å². The fourth-order valence-electron chi connectivity index (χ4n) is 3.26. The third-order valence-corrected chi connectivity index (χ3v) is 6.46. The van der Waals surface area contributed by atoms with E-state index in [1.54, 1.807) is 0 Å². The zero-order chi connectivity index (χ0) is 14.4. The van der Waals surface area contributed by atoms with Crippen LogP contribution in [0.25, 0.3) is 0 Å². The Morgan fingerprint density at radius 1 is 1.35 bits per heavy atom. The predicted octanol–water partition coefficient (Wildman–Crippen LogP) is 6.22. The lowest BCUT2D eigenvalue weighted by molar-refractivity contribution is 0.315. The fraction of sp³-hybridized carbons (Fsp3) is 0.765. The first kappa shape index (κ1) is 16.5. The van der Waals surface area contributed by atoms with Crippen molar-refractivity contribution in [3.05, 3.63) is 20.3 Å². The minimum absolute atomic E-state index is 0.546. The molecule has 1 N–H and O–H groups in total. The van der Waals surface area contributed by atoms with Gasteiger partial charge in [-0.3, -0.25) is 0 Å². The molecule has 1 fully saturated rings. The molecule has 1 saturated carbocycles. The lowest BCUT2D eigenvalue weighted by Gasteiger charge is -2.24. The Morgan fingerprint density at radius 2 is 2.10 bits per heavy atom. The second-order valence-electron chi connectivity index (χ2n) is 6.16.